The molecule has 11 heavy (non-hydrogen) atoms. The highest BCUT2D eigenvalue weighted by molar-refractivity contribution is 7.98. The maximum atomic E-state index is 9.15. The van der Waals surface area contributed by atoms with E-state index in [1.54, 1.807) is 0 Å². The van der Waals surface area contributed by atoms with Gasteiger partial charge in [0, 0.05) is 0 Å². The second-order valence-electron chi connectivity index (χ2n) is 3.51. The van der Waals surface area contributed by atoms with Crippen LogP contribution in [-0.4, -0.2) is 29.8 Å². The van der Waals surface area contributed by atoms with Crippen molar-refractivity contribution in [3.8, 4) is 0 Å². The zero-order chi connectivity index (χ0) is 8.32. The third kappa shape index (κ3) is 2.10. The van der Waals surface area contributed by atoms with E-state index in [1.807, 2.05) is 11.8 Å². The van der Waals surface area contributed by atoms with Gasteiger partial charge in [0.1, 0.15) is 0 Å². The van der Waals surface area contributed by atoms with Crippen molar-refractivity contribution in [1.29, 1.82) is 0 Å². The molecule has 66 valence electrons. The van der Waals surface area contributed by atoms with Crippen LogP contribution < -0.4 is 5.73 Å². The summed E-state index contributed by atoms with van der Waals surface area (Å²) in [4.78, 5) is 0. The maximum Gasteiger partial charge on any atom is 0.0551 e. The van der Waals surface area contributed by atoms with Crippen LogP contribution in [0.25, 0.3) is 0 Å². The molecular formula is C8H17NOS. The number of hydrogen-bond acceptors (Lipinski definition) is 3. The molecule has 3 N–H and O–H groups in total. The van der Waals surface area contributed by atoms with Gasteiger partial charge in [-0.1, -0.05) is 0 Å². The fourth-order valence-electron chi connectivity index (χ4n) is 1.73. The number of thioether (sulfide) groups is 1. The number of aliphatic hydroxyl groups excluding tert-OH is 1. The highest BCUT2D eigenvalue weighted by atomic mass is 32.2. The van der Waals surface area contributed by atoms with Crippen LogP contribution in [0, 0.1) is 5.41 Å². The number of hydrogen-bond donors (Lipinski definition) is 2. The van der Waals surface area contributed by atoms with Gasteiger partial charge in [-0.2, -0.15) is 11.8 Å². The standard InChI is InChI=1S/C8H17NOS/c1-11-3-2-8(6-9)4-7(10)5-8/h7,10H,2-6,9H2,1H3. The highest BCUT2D eigenvalue weighted by Crippen LogP contribution is 2.43. The molecular weight excluding hydrogens is 158 g/mol. The van der Waals surface area contributed by atoms with Crippen LogP contribution in [-0.2, 0) is 0 Å². The van der Waals surface area contributed by atoms with Crippen LogP contribution in [0.3, 0.4) is 0 Å². The topological polar surface area (TPSA) is 46.2 Å². The normalized spacial score (nSPS) is 36.8. The molecule has 1 aliphatic rings. The summed E-state index contributed by atoms with van der Waals surface area (Å²) in [5.74, 6) is 1.17. The Balaban J connectivity index is 2.26. The number of rotatable bonds is 4. The van der Waals surface area contributed by atoms with E-state index in [1.165, 1.54) is 12.2 Å². The van der Waals surface area contributed by atoms with Crippen LogP contribution >= 0.6 is 11.8 Å². The molecule has 3 heteroatoms. The first-order valence-corrected chi connectivity index (χ1v) is 5.49. The van der Waals surface area contributed by atoms with E-state index in [9.17, 15) is 0 Å². The summed E-state index contributed by atoms with van der Waals surface area (Å²) >= 11 is 1.86. The molecule has 0 aromatic rings. The second kappa shape index (κ2) is 3.78. The molecule has 1 saturated carbocycles. The lowest BCUT2D eigenvalue weighted by Gasteiger charge is -2.44. The first kappa shape index (κ1) is 9.36. The third-order valence-corrected chi connectivity index (χ3v) is 3.22. The van der Waals surface area contributed by atoms with Gasteiger partial charge in [-0.15, -0.1) is 0 Å². The van der Waals surface area contributed by atoms with Gasteiger partial charge in [0.2, 0.25) is 0 Å². The predicted molar refractivity (Wildman–Crippen MR) is 49.7 cm³/mol. The van der Waals surface area contributed by atoms with Gasteiger partial charge in [-0.3, -0.25) is 0 Å². The number of aliphatic hydroxyl groups is 1. The predicted octanol–water partition coefficient (Wildman–Crippen LogP) is 0.839. The fourth-order valence-corrected chi connectivity index (χ4v) is 2.37. The monoisotopic (exact) mass is 175 g/mol. The summed E-state index contributed by atoms with van der Waals surface area (Å²) in [6.07, 6.45) is 5.05. The molecule has 0 aromatic heterocycles. The molecule has 0 heterocycles. The van der Waals surface area contributed by atoms with Crippen LogP contribution in [0.5, 0.6) is 0 Å². The zero-order valence-electron chi connectivity index (χ0n) is 7.05. The average molecular weight is 175 g/mol. The van der Waals surface area contributed by atoms with E-state index in [4.69, 9.17) is 10.8 Å². The van der Waals surface area contributed by atoms with Gasteiger partial charge >= 0.3 is 0 Å². The summed E-state index contributed by atoms with van der Waals surface area (Å²) in [6, 6.07) is 0. The Morgan fingerprint density at radius 3 is 2.64 bits per heavy atom. The smallest absolute Gasteiger partial charge is 0.0551 e. The number of nitrogens with two attached hydrogens (primary N) is 1. The van der Waals surface area contributed by atoms with E-state index in [0.717, 1.165) is 19.4 Å². The Morgan fingerprint density at radius 2 is 2.27 bits per heavy atom. The maximum absolute atomic E-state index is 9.15. The summed E-state index contributed by atoms with van der Waals surface area (Å²) in [5.41, 5.74) is 5.95. The van der Waals surface area contributed by atoms with E-state index >= 15 is 0 Å². The molecule has 0 amide bonds. The van der Waals surface area contributed by atoms with Gasteiger partial charge in [-0.05, 0) is 43.2 Å². The molecule has 1 aliphatic carbocycles. The Kier molecular flexibility index (Phi) is 3.22. The van der Waals surface area contributed by atoms with Crippen molar-refractivity contribution in [2.75, 3.05) is 18.6 Å². The SMILES string of the molecule is CSCCC1(CN)CC(O)C1. The zero-order valence-corrected chi connectivity index (χ0v) is 7.86. The van der Waals surface area contributed by atoms with Crippen molar-refractivity contribution in [3.63, 3.8) is 0 Å². The molecule has 0 atom stereocenters. The Morgan fingerprint density at radius 1 is 1.64 bits per heavy atom. The van der Waals surface area contributed by atoms with Crippen molar-refractivity contribution in [2.24, 2.45) is 11.1 Å². The van der Waals surface area contributed by atoms with Gasteiger partial charge in [-0.25, -0.2) is 0 Å². The lowest BCUT2D eigenvalue weighted by Crippen LogP contribution is -2.46. The van der Waals surface area contributed by atoms with Gasteiger partial charge < -0.3 is 10.8 Å². The lowest BCUT2D eigenvalue weighted by molar-refractivity contribution is -0.0277. The molecule has 1 fully saturated rings. The van der Waals surface area contributed by atoms with Crippen molar-refractivity contribution >= 4 is 11.8 Å². The van der Waals surface area contributed by atoms with Gasteiger partial charge in [0.25, 0.3) is 0 Å². The van der Waals surface area contributed by atoms with Crippen molar-refractivity contribution in [3.05, 3.63) is 0 Å². The highest BCUT2D eigenvalue weighted by Gasteiger charge is 2.41. The van der Waals surface area contributed by atoms with Gasteiger partial charge in [0.15, 0.2) is 0 Å². The minimum absolute atomic E-state index is 0.0691. The van der Waals surface area contributed by atoms with E-state index in [2.05, 4.69) is 6.26 Å². The molecule has 1 rings (SSSR count). The molecule has 0 spiro atoms. The van der Waals surface area contributed by atoms with Crippen LogP contribution in [0.1, 0.15) is 19.3 Å². The lowest BCUT2D eigenvalue weighted by atomic mass is 9.65. The molecule has 0 saturated heterocycles. The van der Waals surface area contributed by atoms with E-state index in [-0.39, 0.29) is 6.10 Å². The van der Waals surface area contributed by atoms with Crippen molar-refractivity contribution < 1.29 is 5.11 Å². The fraction of sp³-hybridized carbons (Fsp3) is 1.00. The minimum atomic E-state index is -0.0691. The van der Waals surface area contributed by atoms with Crippen LogP contribution in [0.4, 0.5) is 0 Å². The largest absolute Gasteiger partial charge is 0.393 e. The molecule has 0 aliphatic heterocycles. The quantitative estimate of drug-likeness (QED) is 0.665. The second-order valence-corrected chi connectivity index (χ2v) is 4.49. The van der Waals surface area contributed by atoms with E-state index in [0.29, 0.717) is 5.41 Å². The molecule has 0 radical (unpaired) electrons. The van der Waals surface area contributed by atoms with Crippen molar-refractivity contribution in [1.82, 2.24) is 0 Å². The first-order chi connectivity index (χ1) is 5.22. The summed E-state index contributed by atoms with van der Waals surface area (Å²) in [5, 5.41) is 9.15. The summed E-state index contributed by atoms with van der Waals surface area (Å²) < 4.78 is 0. The van der Waals surface area contributed by atoms with E-state index < -0.39 is 0 Å². The molecule has 2 nitrogen and oxygen atoms in total. The Labute approximate surface area is 72.5 Å². The molecule has 0 unspecified atom stereocenters. The molecule has 0 bridgehead atoms. The van der Waals surface area contributed by atoms with Gasteiger partial charge in [0.05, 0.1) is 6.10 Å². The van der Waals surface area contributed by atoms with Crippen LogP contribution in [0.2, 0.25) is 0 Å². The summed E-state index contributed by atoms with van der Waals surface area (Å²) in [6.45, 7) is 0.741. The molecule has 0 aromatic carbocycles. The van der Waals surface area contributed by atoms with Crippen LogP contribution in [0.15, 0.2) is 0 Å². The Bertz CT molecular complexity index is 123. The van der Waals surface area contributed by atoms with Crippen molar-refractivity contribution in [2.45, 2.75) is 25.4 Å². The minimum Gasteiger partial charge on any atom is -0.393 e. The first-order valence-electron chi connectivity index (χ1n) is 4.09. The average Bonchev–Trinajstić information content (AvgIpc) is 1.96. The third-order valence-electron chi connectivity index (χ3n) is 2.61. The Hall–Kier alpha value is 0.270. The summed E-state index contributed by atoms with van der Waals surface area (Å²) in [7, 11) is 0.